The molecular weight excluding hydrogens is 945 g/mol. The molecule has 10 rings (SSSR count). The number of benzene rings is 8. The maximum Gasteiger partial charge on any atom is 0.303 e. The number of ether oxygens (including phenoxy) is 1. The smallest absolute Gasteiger partial charge is 0.303 e. The van der Waals surface area contributed by atoms with Crippen LogP contribution < -0.4 is 4.90 Å². The van der Waals surface area contributed by atoms with E-state index in [1.807, 2.05) is 0 Å². The van der Waals surface area contributed by atoms with E-state index in [2.05, 4.69) is 213 Å². The van der Waals surface area contributed by atoms with Gasteiger partial charge in [-0.15, -0.1) is 0 Å². The van der Waals surface area contributed by atoms with Gasteiger partial charge in [0.05, 0.1) is 17.6 Å². The van der Waals surface area contributed by atoms with Crippen LogP contribution in [0.5, 0.6) is 0 Å². The predicted molar refractivity (Wildman–Crippen MR) is 320 cm³/mol. The van der Waals surface area contributed by atoms with Crippen molar-refractivity contribution in [2.75, 3.05) is 11.5 Å². The van der Waals surface area contributed by atoms with Crippen LogP contribution in [-0.2, 0) is 26.2 Å². The summed E-state index contributed by atoms with van der Waals surface area (Å²) >= 11 is 0. The van der Waals surface area contributed by atoms with E-state index in [0.29, 0.717) is 25.4 Å². The van der Waals surface area contributed by atoms with Gasteiger partial charge in [0.25, 0.3) is 6.47 Å². The summed E-state index contributed by atoms with van der Waals surface area (Å²) in [7, 11) is 0. The molecule has 1 aliphatic rings. The maximum absolute atomic E-state index is 11.5. The molecule has 1 heterocycles. The lowest BCUT2D eigenvalue weighted by Gasteiger charge is -2.33. The Hall–Kier alpha value is -7.70. The SMILES string of the molecule is CCCCCCc1ccc(-n2c3ccccc3c3ccc(-c4ccc(N(c5ccc(-c6ccc7c(c6)C(CCCCCOC=O)(CCCCCC(=O)O)c6cc(C)ccc6-7)cc5)c5ccc(C(C)C)cc5)cc4)cc32)cc1. The Labute approximate surface area is 456 Å². The molecule has 0 spiro atoms. The number of anilines is 3. The Kier molecular flexibility index (Phi) is 16.5. The molecule has 1 unspecified atom stereocenters. The van der Waals surface area contributed by atoms with Crippen molar-refractivity contribution in [2.45, 2.75) is 129 Å². The first-order valence-electron chi connectivity index (χ1n) is 28.4. The van der Waals surface area contributed by atoms with Crippen molar-refractivity contribution in [2.24, 2.45) is 0 Å². The minimum atomic E-state index is -0.736. The van der Waals surface area contributed by atoms with Gasteiger partial charge < -0.3 is 19.3 Å². The average molecular weight is 1020 g/mol. The van der Waals surface area contributed by atoms with Gasteiger partial charge in [0, 0.05) is 45.4 Å². The molecule has 6 heteroatoms. The van der Waals surface area contributed by atoms with Crippen LogP contribution in [0.2, 0.25) is 0 Å². The molecule has 0 radical (unpaired) electrons. The first-order chi connectivity index (χ1) is 37.6. The quantitative estimate of drug-likeness (QED) is 0.0456. The van der Waals surface area contributed by atoms with E-state index in [4.69, 9.17) is 4.74 Å². The second-order valence-electron chi connectivity index (χ2n) is 21.9. The summed E-state index contributed by atoms with van der Waals surface area (Å²) in [5.41, 5.74) is 20.6. The minimum absolute atomic E-state index is 0.196. The standard InChI is InChI=1S/C71H74N2O4/c1-5-6-7-10-17-52-22-32-61(33-23-52)73-68-19-13-12-18-64(68)65-42-31-57(48-69(65)73)55-28-38-60(39-29-55)72(58-34-24-53(25-35-58)50(2)3)59-36-26-54(27-37-59)56-30-41-63-62-40-21-51(4)46-66(62)71(67(63)47-56,43-14-8-11-20-70(75)76)44-15-9-16-45-77-49-74/h12-13,18-19,21-42,46-50H,5-11,14-17,20,43-45H2,1-4H3,(H,75,76). The number of hydrogen-bond donors (Lipinski definition) is 1. The van der Waals surface area contributed by atoms with Crippen molar-refractivity contribution in [1.29, 1.82) is 0 Å². The molecule has 0 bridgehead atoms. The number of hydrogen-bond acceptors (Lipinski definition) is 4. The van der Waals surface area contributed by atoms with Crippen molar-refractivity contribution in [3.63, 3.8) is 0 Å². The van der Waals surface area contributed by atoms with E-state index in [1.165, 1.54) is 103 Å². The summed E-state index contributed by atoms with van der Waals surface area (Å²) < 4.78 is 7.49. The molecule has 1 aliphatic carbocycles. The molecule has 1 N–H and O–H groups in total. The van der Waals surface area contributed by atoms with E-state index in [9.17, 15) is 14.7 Å². The van der Waals surface area contributed by atoms with Gasteiger partial charge in [0.1, 0.15) is 0 Å². The van der Waals surface area contributed by atoms with Crippen LogP contribution in [0.3, 0.4) is 0 Å². The van der Waals surface area contributed by atoms with Gasteiger partial charge in [-0.05, 0) is 174 Å². The lowest BCUT2D eigenvalue weighted by Crippen LogP contribution is -2.26. The number of aryl methyl sites for hydroxylation is 2. The Morgan fingerprint density at radius 2 is 1.16 bits per heavy atom. The molecule has 1 atom stereocenters. The predicted octanol–water partition coefficient (Wildman–Crippen LogP) is 19.2. The van der Waals surface area contributed by atoms with E-state index >= 15 is 0 Å². The van der Waals surface area contributed by atoms with Crippen molar-refractivity contribution in [3.05, 3.63) is 204 Å². The second-order valence-corrected chi connectivity index (χ2v) is 21.9. The van der Waals surface area contributed by atoms with Crippen LogP contribution in [0.4, 0.5) is 17.1 Å². The highest BCUT2D eigenvalue weighted by Crippen LogP contribution is 2.55. The molecule has 392 valence electrons. The molecule has 77 heavy (non-hydrogen) atoms. The second kappa shape index (κ2) is 24.1. The fraction of sp³-hybridized carbons (Fsp3) is 0.296. The first kappa shape index (κ1) is 52.7. The zero-order valence-corrected chi connectivity index (χ0v) is 45.6. The zero-order valence-electron chi connectivity index (χ0n) is 45.6. The number of carbonyl (C=O) groups is 2. The summed E-state index contributed by atoms with van der Waals surface area (Å²) in [6.45, 7) is 9.90. The van der Waals surface area contributed by atoms with E-state index < -0.39 is 5.97 Å². The van der Waals surface area contributed by atoms with Gasteiger partial charge in [-0.1, -0.05) is 180 Å². The molecule has 1 aromatic heterocycles. The van der Waals surface area contributed by atoms with Gasteiger partial charge >= 0.3 is 5.97 Å². The van der Waals surface area contributed by atoms with Crippen LogP contribution in [0.15, 0.2) is 176 Å². The van der Waals surface area contributed by atoms with Crippen LogP contribution in [-0.4, -0.2) is 28.7 Å². The zero-order chi connectivity index (χ0) is 53.3. The fourth-order valence-electron chi connectivity index (χ4n) is 12.2. The molecule has 9 aromatic rings. The minimum Gasteiger partial charge on any atom is -0.481 e. The molecule has 6 nitrogen and oxygen atoms in total. The number of carboxylic acids is 1. The van der Waals surface area contributed by atoms with E-state index in [1.54, 1.807) is 0 Å². The Balaban J connectivity index is 0.969. The fourth-order valence-corrected chi connectivity index (χ4v) is 12.2. The molecule has 0 amide bonds. The lowest BCUT2D eigenvalue weighted by molar-refractivity contribution is -0.137. The number of rotatable bonds is 25. The van der Waals surface area contributed by atoms with Gasteiger partial charge in [-0.2, -0.15) is 0 Å². The molecular formula is C71H74N2O4. The third kappa shape index (κ3) is 11.4. The number of carbonyl (C=O) groups excluding carboxylic acids is 1. The van der Waals surface area contributed by atoms with Crippen molar-refractivity contribution in [3.8, 4) is 39.1 Å². The van der Waals surface area contributed by atoms with Crippen LogP contribution in [0.1, 0.15) is 138 Å². The molecule has 0 fully saturated rings. The topological polar surface area (TPSA) is 71.8 Å². The molecule has 0 aliphatic heterocycles. The Morgan fingerprint density at radius 1 is 0.584 bits per heavy atom. The largest absolute Gasteiger partial charge is 0.481 e. The molecule has 0 saturated carbocycles. The number of unbranched alkanes of at least 4 members (excludes halogenated alkanes) is 7. The highest BCUT2D eigenvalue weighted by atomic mass is 16.5. The number of fused-ring (bicyclic) bond motifs is 6. The van der Waals surface area contributed by atoms with Crippen LogP contribution in [0.25, 0.3) is 60.9 Å². The number of carboxylic acid groups (broad SMARTS) is 1. The average Bonchev–Trinajstić information content (AvgIpc) is 4.06. The number of nitrogens with zero attached hydrogens (tertiary/aromatic N) is 2. The van der Waals surface area contributed by atoms with Gasteiger partial charge in [-0.3, -0.25) is 9.59 Å². The van der Waals surface area contributed by atoms with E-state index in [0.717, 1.165) is 79.6 Å². The van der Waals surface area contributed by atoms with Gasteiger partial charge in [0.2, 0.25) is 0 Å². The Bertz CT molecular complexity index is 3460. The highest BCUT2D eigenvalue weighted by Gasteiger charge is 2.42. The Morgan fingerprint density at radius 3 is 1.81 bits per heavy atom. The number of aliphatic carboxylic acids is 1. The first-order valence-corrected chi connectivity index (χ1v) is 28.4. The van der Waals surface area contributed by atoms with Crippen molar-refractivity contribution in [1.82, 2.24) is 4.57 Å². The van der Waals surface area contributed by atoms with Crippen LogP contribution in [0, 0.1) is 6.92 Å². The summed E-state index contributed by atoms with van der Waals surface area (Å²) in [5, 5.41) is 11.9. The number of para-hydroxylation sites is 1. The molecule has 0 saturated heterocycles. The van der Waals surface area contributed by atoms with Crippen molar-refractivity contribution < 1.29 is 19.4 Å². The normalized spacial score (nSPS) is 13.8. The third-order valence-corrected chi connectivity index (χ3v) is 16.4. The monoisotopic (exact) mass is 1020 g/mol. The third-order valence-electron chi connectivity index (χ3n) is 16.4. The van der Waals surface area contributed by atoms with E-state index in [-0.39, 0.29) is 11.8 Å². The lowest BCUT2D eigenvalue weighted by atomic mass is 9.70. The van der Waals surface area contributed by atoms with Gasteiger partial charge in [0.15, 0.2) is 0 Å². The van der Waals surface area contributed by atoms with Gasteiger partial charge in [-0.25, -0.2) is 0 Å². The van der Waals surface area contributed by atoms with Crippen molar-refractivity contribution >= 4 is 51.3 Å². The highest BCUT2D eigenvalue weighted by molar-refractivity contribution is 6.10. The molecule has 8 aromatic carbocycles. The maximum atomic E-state index is 11.5. The summed E-state index contributed by atoms with van der Waals surface area (Å²) in [6, 6.07) is 66.0. The summed E-state index contributed by atoms with van der Waals surface area (Å²) in [5.74, 6) is -0.310. The number of aromatic nitrogens is 1. The summed E-state index contributed by atoms with van der Waals surface area (Å²) in [6.07, 6.45) is 13.6. The summed E-state index contributed by atoms with van der Waals surface area (Å²) in [4.78, 5) is 24.7. The van der Waals surface area contributed by atoms with Crippen LogP contribution >= 0.6 is 0 Å².